The molecule has 0 aromatic carbocycles. The summed E-state index contributed by atoms with van der Waals surface area (Å²) >= 11 is 5.28. The first-order valence-electron chi connectivity index (χ1n) is 2.61. The van der Waals surface area contributed by atoms with Gasteiger partial charge in [-0.3, -0.25) is 0 Å². The van der Waals surface area contributed by atoms with Gasteiger partial charge in [0.05, 0.1) is 0 Å². The Bertz CT molecular complexity index is 146. The van der Waals surface area contributed by atoms with Crippen molar-refractivity contribution < 1.29 is 14.7 Å². The van der Waals surface area contributed by atoms with Gasteiger partial charge in [-0.25, -0.2) is 4.79 Å². The standard InChI is InChI=1S/C5H8ClNO3/c1-10-7-4(2-3-6)5(8)9/h2-3H2,1H3,(H,8,9)/b7-4-. The summed E-state index contributed by atoms with van der Waals surface area (Å²) < 4.78 is 0. The molecular formula is C5H8ClNO3. The van der Waals surface area contributed by atoms with Crippen molar-refractivity contribution in [2.75, 3.05) is 13.0 Å². The van der Waals surface area contributed by atoms with Crippen LogP contribution in [0.3, 0.4) is 0 Å². The van der Waals surface area contributed by atoms with Gasteiger partial charge in [-0.05, 0) is 0 Å². The van der Waals surface area contributed by atoms with E-state index in [0.717, 1.165) is 0 Å². The summed E-state index contributed by atoms with van der Waals surface area (Å²) in [7, 11) is 1.29. The summed E-state index contributed by atoms with van der Waals surface area (Å²) in [5.41, 5.74) is -0.0579. The Morgan fingerprint density at radius 1 is 1.80 bits per heavy atom. The number of carbonyl (C=O) groups is 1. The highest BCUT2D eigenvalue weighted by molar-refractivity contribution is 6.36. The molecule has 0 amide bonds. The lowest BCUT2D eigenvalue weighted by atomic mass is 10.3. The van der Waals surface area contributed by atoms with Gasteiger partial charge in [0, 0.05) is 12.3 Å². The van der Waals surface area contributed by atoms with Crippen LogP contribution in [-0.4, -0.2) is 29.8 Å². The quantitative estimate of drug-likeness (QED) is 0.379. The smallest absolute Gasteiger partial charge is 0.353 e. The molecule has 5 heteroatoms. The Hall–Kier alpha value is -0.770. The molecule has 0 aromatic rings. The van der Waals surface area contributed by atoms with Gasteiger partial charge in [0.25, 0.3) is 0 Å². The average Bonchev–Trinajstić information content (AvgIpc) is 1.87. The van der Waals surface area contributed by atoms with Crippen LogP contribution in [0.5, 0.6) is 0 Å². The van der Waals surface area contributed by atoms with Gasteiger partial charge in [0.15, 0.2) is 5.71 Å². The third-order valence-corrected chi connectivity index (χ3v) is 0.969. The van der Waals surface area contributed by atoms with Gasteiger partial charge in [-0.1, -0.05) is 5.16 Å². The zero-order valence-corrected chi connectivity index (χ0v) is 6.26. The van der Waals surface area contributed by atoms with Crippen LogP contribution in [0.1, 0.15) is 6.42 Å². The minimum Gasteiger partial charge on any atom is -0.477 e. The summed E-state index contributed by atoms with van der Waals surface area (Å²) in [6.45, 7) is 0. The van der Waals surface area contributed by atoms with Crippen molar-refractivity contribution in [1.82, 2.24) is 0 Å². The van der Waals surface area contributed by atoms with E-state index in [9.17, 15) is 4.79 Å². The highest BCUT2D eigenvalue weighted by atomic mass is 35.5. The molecule has 0 heterocycles. The van der Waals surface area contributed by atoms with Crippen molar-refractivity contribution in [3.8, 4) is 0 Å². The summed E-state index contributed by atoms with van der Waals surface area (Å²) in [6.07, 6.45) is 0.213. The number of rotatable bonds is 4. The molecule has 1 N–H and O–H groups in total. The van der Waals surface area contributed by atoms with Crippen LogP contribution < -0.4 is 0 Å². The van der Waals surface area contributed by atoms with Crippen LogP contribution in [0.15, 0.2) is 5.16 Å². The van der Waals surface area contributed by atoms with Gasteiger partial charge < -0.3 is 9.94 Å². The second-order valence-electron chi connectivity index (χ2n) is 1.46. The number of aliphatic carboxylic acids is 1. The Morgan fingerprint density at radius 3 is 2.70 bits per heavy atom. The fourth-order valence-electron chi connectivity index (χ4n) is 0.391. The van der Waals surface area contributed by atoms with Crippen LogP contribution in [-0.2, 0) is 9.63 Å². The second kappa shape index (κ2) is 5.05. The van der Waals surface area contributed by atoms with Gasteiger partial charge in [-0.2, -0.15) is 0 Å². The summed E-state index contributed by atoms with van der Waals surface area (Å²) in [5.74, 6) is -0.864. The average molecular weight is 166 g/mol. The molecule has 0 radical (unpaired) electrons. The van der Waals surface area contributed by atoms with E-state index < -0.39 is 5.97 Å². The molecule has 0 spiro atoms. The van der Waals surface area contributed by atoms with Crippen molar-refractivity contribution in [1.29, 1.82) is 0 Å². The van der Waals surface area contributed by atoms with Crippen molar-refractivity contribution in [3.05, 3.63) is 0 Å². The summed E-state index contributed by atoms with van der Waals surface area (Å²) in [6, 6.07) is 0. The molecule has 0 saturated heterocycles. The molecule has 0 aliphatic carbocycles. The van der Waals surface area contributed by atoms with E-state index in [1.165, 1.54) is 7.11 Å². The topological polar surface area (TPSA) is 58.9 Å². The minimum absolute atomic E-state index is 0.0579. The third kappa shape index (κ3) is 3.29. The molecule has 10 heavy (non-hydrogen) atoms. The van der Waals surface area contributed by atoms with E-state index in [-0.39, 0.29) is 18.0 Å². The van der Waals surface area contributed by atoms with Crippen LogP contribution in [0.2, 0.25) is 0 Å². The molecule has 4 nitrogen and oxygen atoms in total. The number of hydrogen-bond donors (Lipinski definition) is 1. The van der Waals surface area contributed by atoms with E-state index in [1.54, 1.807) is 0 Å². The first-order chi connectivity index (χ1) is 4.72. The summed E-state index contributed by atoms with van der Waals surface area (Å²) in [5, 5.41) is 11.6. The molecule has 0 rings (SSSR count). The van der Waals surface area contributed by atoms with Crippen molar-refractivity contribution in [2.45, 2.75) is 6.42 Å². The lowest BCUT2D eigenvalue weighted by molar-refractivity contribution is -0.129. The second-order valence-corrected chi connectivity index (χ2v) is 1.84. The van der Waals surface area contributed by atoms with Crippen LogP contribution >= 0.6 is 11.6 Å². The normalized spacial score (nSPS) is 11.2. The molecule has 0 aliphatic rings. The van der Waals surface area contributed by atoms with E-state index in [4.69, 9.17) is 16.7 Å². The van der Waals surface area contributed by atoms with Crippen molar-refractivity contribution >= 4 is 23.3 Å². The van der Waals surface area contributed by atoms with Gasteiger partial charge in [-0.15, -0.1) is 11.6 Å². The van der Waals surface area contributed by atoms with Gasteiger partial charge in [0.1, 0.15) is 7.11 Å². The molecule has 0 bridgehead atoms. The molecule has 58 valence electrons. The molecule has 0 fully saturated rings. The zero-order chi connectivity index (χ0) is 7.98. The predicted octanol–water partition coefficient (Wildman–Crippen LogP) is 0.702. The van der Waals surface area contributed by atoms with Crippen molar-refractivity contribution in [2.24, 2.45) is 5.16 Å². The van der Waals surface area contributed by atoms with Crippen molar-refractivity contribution in [3.63, 3.8) is 0 Å². The summed E-state index contributed by atoms with van der Waals surface area (Å²) in [4.78, 5) is 14.5. The first kappa shape index (κ1) is 9.23. The van der Waals surface area contributed by atoms with E-state index in [0.29, 0.717) is 0 Å². The largest absolute Gasteiger partial charge is 0.477 e. The number of carboxylic acids is 1. The Labute approximate surface area is 63.4 Å². The highest BCUT2D eigenvalue weighted by Gasteiger charge is 2.08. The SMILES string of the molecule is CO/N=C(/CCCl)C(=O)O. The van der Waals surface area contributed by atoms with E-state index in [2.05, 4.69) is 9.99 Å². The van der Waals surface area contributed by atoms with E-state index in [1.807, 2.05) is 0 Å². The first-order valence-corrected chi connectivity index (χ1v) is 3.15. The van der Waals surface area contributed by atoms with Crippen LogP contribution in [0.25, 0.3) is 0 Å². The highest BCUT2D eigenvalue weighted by Crippen LogP contribution is 1.91. The van der Waals surface area contributed by atoms with Gasteiger partial charge in [0.2, 0.25) is 0 Å². The zero-order valence-electron chi connectivity index (χ0n) is 5.50. The van der Waals surface area contributed by atoms with Gasteiger partial charge >= 0.3 is 5.97 Å². The molecule has 0 aromatic heterocycles. The molecular weight excluding hydrogens is 158 g/mol. The minimum atomic E-state index is -1.09. The van der Waals surface area contributed by atoms with Crippen LogP contribution in [0, 0.1) is 0 Å². The lowest BCUT2D eigenvalue weighted by Crippen LogP contribution is -2.13. The predicted molar refractivity (Wildman–Crippen MR) is 37.4 cm³/mol. The lowest BCUT2D eigenvalue weighted by Gasteiger charge is -1.94. The fourth-order valence-corrected chi connectivity index (χ4v) is 0.570. The number of alkyl halides is 1. The Kier molecular flexibility index (Phi) is 4.66. The maximum atomic E-state index is 10.2. The third-order valence-electron chi connectivity index (χ3n) is 0.780. The van der Waals surface area contributed by atoms with Crippen LogP contribution in [0.4, 0.5) is 0 Å². The maximum absolute atomic E-state index is 10.2. The maximum Gasteiger partial charge on any atom is 0.353 e. The molecule has 0 saturated carbocycles. The number of carboxylic acid groups (broad SMARTS) is 1. The monoisotopic (exact) mass is 165 g/mol. The Morgan fingerprint density at radius 2 is 2.40 bits per heavy atom. The Balaban J connectivity index is 3.98. The number of halogens is 1. The fraction of sp³-hybridized carbons (Fsp3) is 0.600. The molecule has 0 atom stereocenters. The number of hydrogen-bond acceptors (Lipinski definition) is 3. The molecule has 0 unspecified atom stereocenters. The molecule has 0 aliphatic heterocycles. The number of nitrogens with zero attached hydrogens (tertiary/aromatic N) is 1. The van der Waals surface area contributed by atoms with E-state index >= 15 is 0 Å². The number of oxime groups is 1.